The van der Waals surface area contributed by atoms with Crippen molar-refractivity contribution in [2.75, 3.05) is 5.32 Å². The van der Waals surface area contributed by atoms with Gasteiger partial charge in [-0.05, 0) is 41.6 Å². The van der Waals surface area contributed by atoms with Crippen molar-refractivity contribution in [1.29, 1.82) is 0 Å². The van der Waals surface area contributed by atoms with Gasteiger partial charge >= 0.3 is 6.18 Å². The first-order valence-electron chi connectivity index (χ1n) is 11.3. The van der Waals surface area contributed by atoms with E-state index in [-0.39, 0.29) is 29.8 Å². The Morgan fingerprint density at radius 2 is 1.91 bits per heavy atom. The summed E-state index contributed by atoms with van der Waals surface area (Å²) < 4.78 is 42.6. The first kappa shape index (κ1) is 21.3. The van der Waals surface area contributed by atoms with Gasteiger partial charge in [-0.3, -0.25) is 4.79 Å². The van der Waals surface area contributed by atoms with Gasteiger partial charge in [-0.1, -0.05) is 51.1 Å². The maximum Gasteiger partial charge on any atom is 0.410 e. The topological polar surface area (TPSA) is 59.0 Å². The predicted octanol–water partition coefficient (Wildman–Crippen LogP) is 5.34. The molecule has 1 aliphatic heterocycles. The molecule has 4 aliphatic rings. The van der Waals surface area contributed by atoms with Crippen molar-refractivity contribution in [3.63, 3.8) is 0 Å². The molecule has 0 saturated heterocycles. The van der Waals surface area contributed by atoms with Crippen LogP contribution in [0.1, 0.15) is 68.0 Å². The Labute approximate surface area is 185 Å². The Morgan fingerprint density at radius 1 is 1.19 bits per heavy atom. The molecule has 1 aromatic heterocycles. The van der Waals surface area contributed by atoms with Crippen LogP contribution in [0.5, 0.6) is 0 Å². The lowest BCUT2D eigenvalue weighted by molar-refractivity contribution is -0.173. The first-order valence-corrected chi connectivity index (χ1v) is 11.3. The third-order valence-corrected chi connectivity index (χ3v) is 8.36. The van der Waals surface area contributed by atoms with Gasteiger partial charge in [-0.2, -0.15) is 18.3 Å². The van der Waals surface area contributed by atoms with Gasteiger partial charge in [-0.25, -0.2) is 4.68 Å². The molecule has 8 heteroatoms. The lowest BCUT2D eigenvalue weighted by atomic mass is 9.45. The van der Waals surface area contributed by atoms with Crippen molar-refractivity contribution in [1.82, 2.24) is 15.1 Å². The lowest BCUT2D eigenvalue weighted by Gasteiger charge is -2.62. The molecular formula is C24H29F3N4O. The van der Waals surface area contributed by atoms with Crippen LogP contribution in [0.4, 0.5) is 19.0 Å². The molecule has 172 valence electrons. The van der Waals surface area contributed by atoms with E-state index in [1.807, 2.05) is 6.07 Å². The first-order chi connectivity index (χ1) is 15.1. The van der Waals surface area contributed by atoms with Crippen LogP contribution in [0.3, 0.4) is 0 Å². The molecule has 2 aromatic rings. The molecular weight excluding hydrogens is 417 g/mol. The molecule has 6 atom stereocenters. The van der Waals surface area contributed by atoms with Gasteiger partial charge in [0.05, 0.1) is 12.2 Å². The van der Waals surface area contributed by atoms with Gasteiger partial charge in [0.25, 0.3) is 5.91 Å². The zero-order chi connectivity index (χ0) is 22.8. The molecule has 2 heterocycles. The third-order valence-electron chi connectivity index (χ3n) is 8.36. The van der Waals surface area contributed by atoms with E-state index in [0.29, 0.717) is 23.2 Å². The second-order valence-corrected chi connectivity index (χ2v) is 10.3. The number of nitrogens with zero attached hydrogens (tertiary/aromatic N) is 2. The van der Waals surface area contributed by atoms with Crippen molar-refractivity contribution in [3.8, 4) is 0 Å². The van der Waals surface area contributed by atoms with E-state index in [1.165, 1.54) is 12.6 Å². The average Bonchev–Trinajstić information content (AvgIpc) is 3.18. The highest BCUT2D eigenvalue weighted by Crippen LogP contribution is 2.61. The highest BCUT2D eigenvalue weighted by molar-refractivity contribution is 5.99. The molecule has 32 heavy (non-hydrogen) atoms. The molecule has 3 aliphatic carbocycles. The molecule has 1 unspecified atom stereocenters. The fourth-order valence-electron chi connectivity index (χ4n) is 6.22. The zero-order valence-corrected chi connectivity index (χ0v) is 18.5. The average molecular weight is 447 g/mol. The quantitative estimate of drug-likeness (QED) is 0.669. The number of amides is 1. The minimum atomic E-state index is -4.46. The summed E-state index contributed by atoms with van der Waals surface area (Å²) in [5.74, 6) is 1.25. The van der Waals surface area contributed by atoms with Crippen molar-refractivity contribution in [2.24, 2.45) is 23.2 Å². The summed E-state index contributed by atoms with van der Waals surface area (Å²) in [6, 6.07) is 6.72. The molecule has 1 amide bonds. The SMILES string of the molecule is C[C@@H]1C(NC(=O)c2cnn3c2N[C@@H](c2ccccc2)C[C@H]3C(F)(F)F)C[C@H]2C[C@@H]1C2(C)C. The maximum absolute atomic E-state index is 13.9. The van der Waals surface area contributed by atoms with Crippen LogP contribution in [0.25, 0.3) is 0 Å². The normalized spacial score (nSPS) is 32.9. The summed E-state index contributed by atoms with van der Waals surface area (Å²) in [7, 11) is 0. The smallest absolute Gasteiger partial charge is 0.363 e. The van der Waals surface area contributed by atoms with Crippen molar-refractivity contribution < 1.29 is 18.0 Å². The molecule has 3 fully saturated rings. The summed E-state index contributed by atoms with van der Waals surface area (Å²) in [5.41, 5.74) is 1.22. The van der Waals surface area contributed by atoms with Crippen LogP contribution >= 0.6 is 0 Å². The second kappa shape index (κ2) is 7.25. The number of fused-ring (bicyclic) bond motifs is 3. The van der Waals surface area contributed by atoms with Crippen LogP contribution in [0, 0.1) is 23.2 Å². The Hall–Kier alpha value is -2.51. The number of anilines is 1. The number of halogens is 3. The predicted molar refractivity (Wildman–Crippen MR) is 115 cm³/mol. The van der Waals surface area contributed by atoms with Gasteiger partial charge in [-0.15, -0.1) is 0 Å². The maximum atomic E-state index is 13.9. The molecule has 2 N–H and O–H groups in total. The summed E-state index contributed by atoms with van der Waals surface area (Å²) in [6.45, 7) is 6.75. The number of hydrogen-bond donors (Lipinski definition) is 2. The summed E-state index contributed by atoms with van der Waals surface area (Å²) in [5, 5.41) is 10.3. The van der Waals surface area contributed by atoms with E-state index in [4.69, 9.17) is 0 Å². The molecule has 0 radical (unpaired) electrons. The Kier molecular flexibility index (Phi) is 4.84. The van der Waals surface area contributed by atoms with E-state index in [9.17, 15) is 18.0 Å². The molecule has 6 rings (SSSR count). The van der Waals surface area contributed by atoms with Gasteiger partial charge in [0, 0.05) is 12.5 Å². The molecule has 0 spiro atoms. The van der Waals surface area contributed by atoms with E-state index >= 15 is 0 Å². The second-order valence-electron chi connectivity index (χ2n) is 10.3. The number of aromatic nitrogens is 2. The summed E-state index contributed by atoms with van der Waals surface area (Å²) in [4.78, 5) is 13.2. The van der Waals surface area contributed by atoms with Crippen LogP contribution in [0.2, 0.25) is 0 Å². The lowest BCUT2D eigenvalue weighted by Crippen LogP contribution is -2.60. The van der Waals surface area contributed by atoms with E-state index in [0.717, 1.165) is 16.7 Å². The molecule has 3 saturated carbocycles. The number of carbonyl (C=O) groups excluding carboxylic acids is 1. The van der Waals surface area contributed by atoms with Gasteiger partial charge in [0.15, 0.2) is 6.04 Å². The minimum absolute atomic E-state index is 0.0294. The third kappa shape index (κ3) is 3.30. The number of hydrogen-bond acceptors (Lipinski definition) is 3. The zero-order valence-electron chi connectivity index (χ0n) is 18.5. The van der Waals surface area contributed by atoms with Crippen molar-refractivity contribution >= 4 is 11.7 Å². The molecule has 5 nitrogen and oxygen atoms in total. The number of carbonyl (C=O) groups is 1. The van der Waals surface area contributed by atoms with Crippen LogP contribution in [-0.2, 0) is 0 Å². The standard InChI is InChI=1S/C24H29F3N4O/c1-13-17-9-15(23(17,2)3)10-18(13)30-22(32)16-12-28-31-20(24(25,26)27)11-19(29-21(16)31)14-7-5-4-6-8-14/h4-8,12-13,15,17-20,29H,9-11H2,1-3H3,(H,30,32)/t13-,15+,17-,18?,19+,20-/m0/s1. The fraction of sp³-hybridized carbons (Fsp3) is 0.583. The highest BCUT2D eigenvalue weighted by Gasteiger charge is 2.56. The van der Waals surface area contributed by atoms with Crippen molar-refractivity contribution in [3.05, 3.63) is 47.7 Å². The largest absolute Gasteiger partial charge is 0.410 e. The van der Waals surface area contributed by atoms with E-state index in [1.54, 1.807) is 24.3 Å². The van der Waals surface area contributed by atoms with Crippen LogP contribution < -0.4 is 10.6 Å². The molecule has 1 aromatic carbocycles. The summed E-state index contributed by atoms with van der Waals surface area (Å²) in [6.07, 6.45) is -1.28. The number of benzene rings is 1. The number of alkyl halides is 3. The van der Waals surface area contributed by atoms with Crippen molar-refractivity contribution in [2.45, 2.75) is 64.3 Å². The van der Waals surface area contributed by atoms with Gasteiger partial charge in [0.1, 0.15) is 11.4 Å². The van der Waals surface area contributed by atoms with E-state index < -0.39 is 18.3 Å². The highest BCUT2D eigenvalue weighted by atomic mass is 19.4. The number of rotatable bonds is 3. The van der Waals surface area contributed by atoms with Crippen LogP contribution in [-0.4, -0.2) is 27.9 Å². The van der Waals surface area contributed by atoms with Gasteiger partial charge in [0.2, 0.25) is 0 Å². The van der Waals surface area contributed by atoms with Gasteiger partial charge < -0.3 is 10.6 Å². The Bertz CT molecular complexity index is 1020. The Morgan fingerprint density at radius 3 is 2.53 bits per heavy atom. The number of nitrogens with one attached hydrogen (secondary N) is 2. The minimum Gasteiger partial charge on any atom is -0.363 e. The van der Waals surface area contributed by atoms with Crippen LogP contribution in [0.15, 0.2) is 36.5 Å². The monoisotopic (exact) mass is 446 g/mol. The Balaban J connectivity index is 1.41. The molecule has 2 bridgehead atoms. The fourth-order valence-corrected chi connectivity index (χ4v) is 6.22. The summed E-state index contributed by atoms with van der Waals surface area (Å²) >= 11 is 0. The van der Waals surface area contributed by atoms with E-state index in [2.05, 4.69) is 36.5 Å².